The maximum atomic E-state index is 12.2. The van der Waals surface area contributed by atoms with Gasteiger partial charge in [-0.2, -0.15) is 0 Å². The molecule has 0 radical (unpaired) electrons. The van der Waals surface area contributed by atoms with E-state index in [-0.39, 0.29) is 11.9 Å². The number of rotatable bonds is 4. The molecule has 112 valence electrons. The van der Waals surface area contributed by atoms with Crippen LogP contribution in [0.15, 0.2) is 24.3 Å². The fourth-order valence-corrected chi connectivity index (χ4v) is 2.46. The third-order valence-corrected chi connectivity index (χ3v) is 4.21. The first-order valence-corrected chi connectivity index (χ1v) is 7.54. The monoisotopic (exact) mass is 284 g/mol. The molecule has 0 saturated heterocycles. The second-order valence-electron chi connectivity index (χ2n) is 6.09. The maximum Gasteiger partial charge on any atom is 0.224 e. The minimum atomic E-state index is 0.0690. The zero-order chi connectivity index (χ0) is 15.6. The summed E-state index contributed by atoms with van der Waals surface area (Å²) >= 11 is 0. The number of hydrogen-bond acceptors (Lipinski definition) is 2. The first-order chi connectivity index (χ1) is 9.90. The summed E-state index contributed by atoms with van der Waals surface area (Å²) in [5.74, 6) is 0.505. The molecule has 1 aromatic heterocycles. The van der Waals surface area contributed by atoms with Gasteiger partial charge in [-0.15, -0.1) is 0 Å². The Morgan fingerprint density at radius 1 is 1.19 bits per heavy atom. The van der Waals surface area contributed by atoms with Crippen LogP contribution in [0.5, 0.6) is 0 Å². The van der Waals surface area contributed by atoms with Gasteiger partial charge in [-0.05, 0) is 43.9 Å². The van der Waals surface area contributed by atoms with Gasteiger partial charge in [-0.3, -0.25) is 9.78 Å². The molecule has 3 nitrogen and oxygen atoms in total. The minimum absolute atomic E-state index is 0.0690. The van der Waals surface area contributed by atoms with Gasteiger partial charge in [0.05, 0.1) is 11.9 Å². The zero-order valence-electron chi connectivity index (χ0n) is 13.5. The number of carbonyl (C=O) groups is 1. The van der Waals surface area contributed by atoms with Crippen LogP contribution < -0.4 is 5.32 Å². The number of fused-ring (bicyclic) bond motifs is 1. The first kappa shape index (κ1) is 15.5. The second-order valence-corrected chi connectivity index (χ2v) is 6.09. The number of nitrogens with one attached hydrogen (secondary N) is 1. The molecule has 3 heteroatoms. The van der Waals surface area contributed by atoms with Crippen LogP contribution in [0.2, 0.25) is 0 Å². The molecule has 0 fully saturated rings. The Labute approximate surface area is 126 Å². The molecule has 1 atom stereocenters. The fraction of sp³-hybridized carbons (Fsp3) is 0.444. The highest BCUT2D eigenvalue weighted by atomic mass is 16.1. The van der Waals surface area contributed by atoms with E-state index in [0.717, 1.165) is 27.7 Å². The zero-order valence-corrected chi connectivity index (χ0v) is 13.5. The van der Waals surface area contributed by atoms with E-state index in [4.69, 9.17) is 0 Å². The average Bonchev–Trinajstić information content (AvgIpc) is 2.43. The number of aromatic nitrogens is 1. The molecule has 1 N–H and O–H groups in total. The number of aryl methyl sites for hydroxylation is 2. The summed E-state index contributed by atoms with van der Waals surface area (Å²) in [4.78, 5) is 16.9. The summed E-state index contributed by atoms with van der Waals surface area (Å²) < 4.78 is 0. The number of para-hydroxylation sites is 1. The standard InChI is InChI=1S/C18H24N2O/c1-11(2)13(4)20-18(21)10-16-12(3)15-8-6-7-9-17(15)19-14(16)5/h6-9,11,13H,10H2,1-5H3,(H,20,21). The number of amides is 1. The number of pyridine rings is 1. The van der Waals surface area contributed by atoms with Crippen LogP contribution in [0.4, 0.5) is 0 Å². The van der Waals surface area contributed by atoms with Crippen LogP contribution in [0.1, 0.15) is 37.6 Å². The van der Waals surface area contributed by atoms with E-state index in [2.05, 4.69) is 37.1 Å². The summed E-state index contributed by atoms with van der Waals surface area (Å²) in [5, 5.41) is 4.19. The second kappa shape index (κ2) is 6.25. The van der Waals surface area contributed by atoms with Gasteiger partial charge in [0.2, 0.25) is 5.91 Å². The molecule has 1 heterocycles. The van der Waals surface area contributed by atoms with Gasteiger partial charge in [0.1, 0.15) is 0 Å². The Kier molecular flexibility index (Phi) is 4.61. The van der Waals surface area contributed by atoms with Crippen molar-refractivity contribution in [3.05, 3.63) is 41.1 Å². The van der Waals surface area contributed by atoms with E-state index in [0.29, 0.717) is 12.3 Å². The molecule has 0 aliphatic carbocycles. The van der Waals surface area contributed by atoms with E-state index in [9.17, 15) is 4.79 Å². The molecule has 0 aliphatic rings. The quantitative estimate of drug-likeness (QED) is 0.933. The van der Waals surface area contributed by atoms with Gasteiger partial charge >= 0.3 is 0 Å². The lowest BCUT2D eigenvalue weighted by Gasteiger charge is -2.18. The predicted octanol–water partition coefficient (Wildman–Crippen LogP) is 3.55. The number of hydrogen-bond donors (Lipinski definition) is 1. The van der Waals surface area contributed by atoms with Crippen molar-refractivity contribution < 1.29 is 4.79 Å². The minimum Gasteiger partial charge on any atom is -0.353 e. The molecule has 1 unspecified atom stereocenters. The molecule has 1 aromatic carbocycles. The smallest absolute Gasteiger partial charge is 0.224 e. The van der Waals surface area contributed by atoms with Gasteiger partial charge in [0, 0.05) is 17.1 Å². The van der Waals surface area contributed by atoms with Crippen LogP contribution in [-0.4, -0.2) is 16.9 Å². The Morgan fingerprint density at radius 2 is 1.86 bits per heavy atom. The lowest BCUT2D eigenvalue weighted by atomic mass is 9.99. The van der Waals surface area contributed by atoms with E-state index < -0.39 is 0 Å². The van der Waals surface area contributed by atoms with Crippen LogP contribution >= 0.6 is 0 Å². The first-order valence-electron chi connectivity index (χ1n) is 7.54. The number of benzene rings is 1. The highest BCUT2D eigenvalue weighted by Crippen LogP contribution is 2.22. The largest absolute Gasteiger partial charge is 0.353 e. The van der Waals surface area contributed by atoms with Crippen LogP contribution in [0.3, 0.4) is 0 Å². The highest BCUT2D eigenvalue weighted by molar-refractivity contribution is 5.86. The predicted molar refractivity (Wildman–Crippen MR) is 87.4 cm³/mol. The van der Waals surface area contributed by atoms with Gasteiger partial charge in [-0.25, -0.2) is 0 Å². The number of carbonyl (C=O) groups excluding carboxylic acids is 1. The average molecular weight is 284 g/mol. The third kappa shape index (κ3) is 3.41. The third-order valence-electron chi connectivity index (χ3n) is 4.21. The van der Waals surface area contributed by atoms with E-state index in [1.54, 1.807) is 0 Å². The van der Waals surface area contributed by atoms with Gasteiger partial charge in [0.15, 0.2) is 0 Å². The Balaban J connectivity index is 2.28. The van der Waals surface area contributed by atoms with Crippen LogP contribution in [-0.2, 0) is 11.2 Å². The van der Waals surface area contributed by atoms with E-state index >= 15 is 0 Å². The Bertz CT molecular complexity index is 662. The van der Waals surface area contributed by atoms with Crippen LogP contribution in [0.25, 0.3) is 10.9 Å². The summed E-state index contributed by atoms with van der Waals surface area (Å²) in [5.41, 5.74) is 4.14. The fourth-order valence-electron chi connectivity index (χ4n) is 2.46. The summed E-state index contributed by atoms with van der Waals surface area (Å²) in [6.45, 7) is 10.3. The summed E-state index contributed by atoms with van der Waals surface area (Å²) in [6, 6.07) is 8.27. The maximum absolute atomic E-state index is 12.2. The Hall–Kier alpha value is -1.90. The van der Waals surface area contributed by atoms with E-state index in [1.165, 1.54) is 0 Å². The van der Waals surface area contributed by atoms with Crippen molar-refractivity contribution in [1.29, 1.82) is 0 Å². The number of nitrogens with zero attached hydrogens (tertiary/aromatic N) is 1. The van der Waals surface area contributed by atoms with Crippen molar-refractivity contribution in [2.45, 2.75) is 47.1 Å². The molecule has 1 amide bonds. The lowest BCUT2D eigenvalue weighted by molar-refractivity contribution is -0.121. The van der Waals surface area contributed by atoms with E-state index in [1.807, 2.05) is 32.0 Å². The molecule has 2 aromatic rings. The van der Waals surface area contributed by atoms with Crippen molar-refractivity contribution in [2.75, 3.05) is 0 Å². The van der Waals surface area contributed by atoms with Gasteiger partial charge < -0.3 is 5.32 Å². The normalized spacial score (nSPS) is 12.7. The molecule has 21 heavy (non-hydrogen) atoms. The molecule has 0 aliphatic heterocycles. The van der Waals surface area contributed by atoms with Crippen molar-refractivity contribution >= 4 is 16.8 Å². The van der Waals surface area contributed by atoms with Crippen LogP contribution in [0, 0.1) is 19.8 Å². The molecule has 2 rings (SSSR count). The molecular formula is C18H24N2O. The van der Waals surface area contributed by atoms with Gasteiger partial charge in [0.25, 0.3) is 0 Å². The summed E-state index contributed by atoms with van der Waals surface area (Å²) in [6.07, 6.45) is 0.395. The molecule has 0 spiro atoms. The van der Waals surface area contributed by atoms with Crippen molar-refractivity contribution in [2.24, 2.45) is 5.92 Å². The van der Waals surface area contributed by atoms with Crippen molar-refractivity contribution in [3.63, 3.8) is 0 Å². The van der Waals surface area contributed by atoms with Crippen molar-refractivity contribution in [3.8, 4) is 0 Å². The molecule has 0 bridgehead atoms. The molecule has 0 saturated carbocycles. The SMILES string of the molecule is Cc1nc2ccccc2c(C)c1CC(=O)NC(C)C(C)C. The molecular weight excluding hydrogens is 260 g/mol. The lowest BCUT2D eigenvalue weighted by Crippen LogP contribution is -2.37. The van der Waals surface area contributed by atoms with Gasteiger partial charge in [-0.1, -0.05) is 32.0 Å². The van der Waals surface area contributed by atoms with Crippen molar-refractivity contribution in [1.82, 2.24) is 10.3 Å². The topological polar surface area (TPSA) is 42.0 Å². The highest BCUT2D eigenvalue weighted by Gasteiger charge is 2.15. The Morgan fingerprint density at radius 3 is 2.52 bits per heavy atom. The summed E-state index contributed by atoms with van der Waals surface area (Å²) in [7, 11) is 0.